The maximum absolute atomic E-state index is 13.6. The van der Waals surface area contributed by atoms with Crippen molar-refractivity contribution in [2.24, 2.45) is 0 Å². The molecule has 0 aliphatic heterocycles. The van der Waals surface area contributed by atoms with Crippen LogP contribution >= 0.6 is 15.9 Å². The van der Waals surface area contributed by atoms with Crippen LogP contribution in [-0.2, 0) is 0 Å². The van der Waals surface area contributed by atoms with E-state index in [1.807, 2.05) is 85.8 Å². The molecule has 3 aromatic carbocycles. The van der Waals surface area contributed by atoms with Gasteiger partial charge < -0.3 is 0 Å². The van der Waals surface area contributed by atoms with Crippen LogP contribution in [0, 0.1) is 6.92 Å². The second kappa shape index (κ2) is 7.39. The lowest BCUT2D eigenvalue weighted by Crippen LogP contribution is -2.22. The molecule has 5 rings (SSSR count). The number of fused-ring (bicyclic) bond motifs is 1. The van der Waals surface area contributed by atoms with Crippen LogP contribution in [0.5, 0.6) is 0 Å². The Balaban J connectivity index is 1.88. The number of hydrogen-bond donors (Lipinski definition) is 0. The summed E-state index contributed by atoms with van der Waals surface area (Å²) in [5, 5.41) is 4.94. The zero-order valence-electron chi connectivity index (χ0n) is 16.2. The van der Waals surface area contributed by atoms with E-state index < -0.39 is 0 Å². The Labute approximate surface area is 181 Å². The fourth-order valence-electron chi connectivity index (χ4n) is 3.56. The molecular weight excluding hydrogens is 440 g/mol. The van der Waals surface area contributed by atoms with E-state index in [1.54, 1.807) is 15.4 Å². The van der Waals surface area contributed by atoms with Gasteiger partial charge in [-0.3, -0.25) is 9.36 Å². The smallest absolute Gasteiger partial charge is 0.268 e. The lowest BCUT2D eigenvalue weighted by Gasteiger charge is -2.15. The van der Waals surface area contributed by atoms with E-state index in [0.717, 1.165) is 27.0 Å². The zero-order valence-corrected chi connectivity index (χ0v) is 17.7. The number of hydrogen-bond acceptors (Lipinski definition) is 3. The topological polar surface area (TPSA) is 52.7 Å². The number of aromatic nitrogens is 4. The largest absolute Gasteiger partial charge is 0.269 e. The first-order valence-corrected chi connectivity index (χ1v) is 10.3. The summed E-state index contributed by atoms with van der Waals surface area (Å²) >= 11 is 3.46. The van der Waals surface area contributed by atoms with Crippen molar-refractivity contribution in [3.05, 3.63) is 105 Å². The Bertz CT molecular complexity index is 1420. The molecule has 6 heteroatoms. The highest BCUT2D eigenvalue weighted by Crippen LogP contribution is 2.26. The lowest BCUT2D eigenvalue weighted by molar-refractivity contribution is 0.888. The van der Waals surface area contributed by atoms with Crippen LogP contribution in [0.1, 0.15) is 5.56 Å². The number of rotatable bonds is 3. The van der Waals surface area contributed by atoms with Gasteiger partial charge >= 0.3 is 0 Å². The molecule has 0 unspecified atom stereocenters. The van der Waals surface area contributed by atoms with Crippen LogP contribution in [0.2, 0.25) is 0 Å². The second-order valence-corrected chi connectivity index (χ2v) is 7.91. The highest BCUT2D eigenvalue weighted by Gasteiger charge is 2.19. The van der Waals surface area contributed by atoms with Gasteiger partial charge in [0, 0.05) is 10.0 Å². The van der Waals surface area contributed by atoms with Crippen molar-refractivity contribution in [1.82, 2.24) is 19.3 Å². The molecular formula is C24H17BrN4O. The molecule has 2 heterocycles. The van der Waals surface area contributed by atoms with Gasteiger partial charge in [0.05, 0.1) is 17.6 Å². The monoisotopic (exact) mass is 456 g/mol. The highest BCUT2D eigenvalue weighted by atomic mass is 79.9. The van der Waals surface area contributed by atoms with Crippen LogP contribution in [-0.4, -0.2) is 19.3 Å². The average molecular weight is 457 g/mol. The average Bonchev–Trinajstić information content (AvgIpc) is 3.20. The standard InChI is InChI=1S/C24H17BrN4O/c1-16-7-5-6-10-20(16)22-27-23-21(15-26-29(23)19-8-3-2-4-9-19)24(30)28(22)18-13-11-17(25)12-14-18/h2-15H,1H3. The van der Waals surface area contributed by atoms with Crippen molar-refractivity contribution in [3.8, 4) is 22.8 Å². The van der Waals surface area contributed by atoms with Crippen molar-refractivity contribution >= 4 is 27.0 Å². The quantitative estimate of drug-likeness (QED) is 0.369. The first kappa shape index (κ1) is 18.5. The molecule has 30 heavy (non-hydrogen) atoms. The normalized spacial score (nSPS) is 11.1. The van der Waals surface area contributed by atoms with E-state index in [2.05, 4.69) is 21.0 Å². The molecule has 5 nitrogen and oxygen atoms in total. The third-order valence-corrected chi connectivity index (χ3v) is 5.60. The van der Waals surface area contributed by atoms with E-state index in [1.165, 1.54) is 0 Å². The van der Waals surface area contributed by atoms with E-state index in [9.17, 15) is 4.79 Å². The molecule has 0 amide bonds. The third kappa shape index (κ3) is 3.06. The first-order chi connectivity index (χ1) is 14.6. The molecule has 5 aromatic rings. The van der Waals surface area contributed by atoms with Gasteiger partial charge in [0.25, 0.3) is 5.56 Å². The van der Waals surface area contributed by atoms with Crippen molar-refractivity contribution in [2.75, 3.05) is 0 Å². The maximum atomic E-state index is 13.6. The van der Waals surface area contributed by atoms with E-state index in [0.29, 0.717) is 16.9 Å². The number of halogens is 1. The predicted molar refractivity (Wildman–Crippen MR) is 122 cm³/mol. The van der Waals surface area contributed by atoms with Crippen molar-refractivity contribution < 1.29 is 0 Å². The third-order valence-electron chi connectivity index (χ3n) is 5.07. The Morgan fingerprint density at radius 2 is 1.53 bits per heavy atom. The summed E-state index contributed by atoms with van der Waals surface area (Å²) in [5.74, 6) is 0.589. The van der Waals surface area contributed by atoms with Gasteiger partial charge in [0.15, 0.2) is 5.65 Å². The molecule has 0 bridgehead atoms. The molecule has 2 aromatic heterocycles. The van der Waals surface area contributed by atoms with Gasteiger partial charge in [-0.1, -0.05) is 58.4 Å². The van der Waals surface area contributed by atoms with Gasteiger partial charge in [-0.2, -0.15) is 5.10 Å². The minimum Gasteiger partial charge on any atom is -0.268 e. The van der Waals surface area contributed by atoms with Crippen molar-refractivity contribution in [3.63, 3.8) is 0 Å². The van der Waals surface area contributed by atoms with Crippen molar-refractivity contribution in [2.45, 2.75) is 6.92 Å². The highest BCUT2D eigenvalue weighted by molar-refractivity contribution is 9.10. The van der Waals surface area contributed by atoms with Crippen LogP contribution in [0.15, 0.2) is 94.3 Å². The molecule has 0 fully saturated rings. The maximum Gasteiger partial charge on any atom is 0.269 e. The molecule has 0 spiro atoms. The van der Waals surface area contributed by atoms with E-state index >= 15 is 0 Å². The van der Waals surface area contributed by atoms with Crippen molar-refractivity contribution in [1.29, 1.82) is 0 Å². The Kier molecular flexibility index (Phi) is 4.56. The van der Waals surface area contributed by atoms with Crippen LogP contribution < -0.4 is 5.56 Å². The summed E-state index contributed by atoms with van der Waals surface area (Å²) in [7, 11) is 0. The molecule has 0 aliphatic rings. The summed E-state index contributed by atoms with van der Waals surface area (Å²) < 4.78 is 4.32. The molecule has 0 atom stereocenters. The second-order valence-electron chi connectivity index (χ2n) is 7.00. The van der Waals surface area contributed by atoms with Gasteiger partial charge in [0.1, 0.15) is 11.2 Å². The first-order valence-electron chi connectivity index (χ1n) is 9.51. The van der Waals surface area contributed by atoms with Crippen LogP contribution in [0.25, 0.3) is 33.8 Å². The Morgan fingerprint density at radius 1 is 0.833 bits per heavy atom. The molecule has 0 N–H and O–H groups in total. The van der Waals surface area contributed by atoms with Crippen LogP contribution in [0.3, 0.4) is 0 Å². The minimum atomic E-state index is -0.150. The molecule has 0 saturated heterocycles. The van der Waals surface area contributed by atoms with E-state index in [4.69, 9.17) is 4.98 Å². The summed E-state index contributed by atoms with van der Waals surface area (Å²) in [6.07, 6.45) is 1.59. The van der Waals surface area contributed by atoms with Crippen LogP contribution in [0.4, 0.5) is 0 Å². The fourth-order valence-corrected chi connectivity index (χ4v) is 3.82. The molecule has 146 valence electrons. The number of benzene rings is 3. The van der Waals surface area contributed by atoms with Gasteiger partial charge in [-0.25, -0.2) is 9.67 Å². The summed E-state index contributed by atoms with van der Waals surface area (Å²) in [6.45, 7) is 2.02. The Morgan fingerprint density at radius 3 is 2.27 bits per heavy atom. The molecule has 0 aliphatic carbocycles. The minimum absolute atomic E-state index is 0.150. The summed E-state index contributed by atoms with van der Waals surface area (Å²) in [6, 6.07) is 25.3. The predicted octanol–water partition coefficient (Wildman–Crippen LogP) is 5.31. The fraction of sp³-hybridized carbons (Fsp3) is 0.0417. The number of nitrogens with zero attached hydrogens (tertiary/aromatic N) is 4. The molecule has 0 saturated carbocycles. The summed E-state index contributed by atoms with van der Waals surface area (Å²) in [4.78, 5) is 18.6. The number of para-hydroxylation sites is 1. The van der Waals surface area contributed by atoms with E-state index in [-0.39, 0.29) is 5.56 Å². The van der Waals surface area contributed by atoms with Gasteiger partial charge in [-0.15, -0.1) is 0 Å². The Hall–Kier alpha value is -3.51. The lowest BCUT2D eigenvalue weighted by atomic mass is 10.1. The van der Waals surface area contributed by atoms with Gasteiger partial charge in [0.2, 0.25) is 0 Å². The summed E-state index contributed by atoms with van der Waals surface area (Å²) in [5.41, 5.74) is 3.95. The number of aryl methyl sites for hydroxylation is 1. The SMILES string of the molecule is Cc1ccccc1-c1nc2c(cnn2-c2ccccc2)c(=O)n1-c1ccc(Br)cc1. The zero-order chi connectivity index (χ0) is 20.7. The molecule has 0 radical (unpaired) electrons. The van der Waals surface area contributed by atoms with Gasteiger partial charge in [-0.05, 0) is 48.9 Å².